The lowest BCUT2D eigenvalue weighted by Crippen LogP contribution is -1.94. The van der Waals surface area contributed by atoms with Crippen LogP contribution in [0.1, 0.15) is 60.9 Å². The molecule has 0 fully saturated rings. The lowest BCUT2D eigenvalue weighted by atomic mass is 9.97. The fourth-order valence-electron chi connectivity index (χ4n) is 4.03. The monoisotopic (exact) mass is 360 g/mol. The number of nitrogens with two attached hydrogens (primary N) is 1. The van der Waals surface area contributed by atoms with Crippen molar-refractivity contribution in [2.24, 2.45) is 0 Å². The third-order valence-corrected chi connectivity index (χ3v) is 5.43. The number of aromatic nitrogens is 1. The van der Waals surface area contributed by atoms with Crippen molar-refractivity contribution in [3.05, 3.63) is 82.7 Å². The van der Waals surface area contributed by atoms with Gasteiger partial charge in [-0.05, 0) is 86.8 Å². The summed E-state index contributed by atoms with van der Waals surface area (Å²) >= 11 is 0. The maximum Gasteiger partial charge on any atom is 0.0473 e. The lowest BCUT2D eigenvalue weighted by molar-refractivity contribution is 0.657. The van der Waals surface area contributed by atoms with Gasteiger partial charge in [0.2, 0.25) is 0 Å². The Morgan fingerprint density at radius 1 is 1.15 bits per heavy atom. The number of hydrogen-bond acceptors (Lipinski definition) is 2. The minimum atomic E-state index is 0.854. The molecular weight excluding hydrogens is 328 g/mol. The molecule has 1 aliphatic rings. The maximum atomic E-state index is 5.95. The molecule has 0 aliphatic heterocycles. The number of hydrogen-bond donors (Lipinski definition) is 1. The number of fused-ring (bicyclic) bond motifs is 1. The predicted molar refractivity (Wildman–Crippen MR) is 116 cm³/mol. The summed E-state index contributed by atoms with van der Waals surface area (Å²) in [7, 11) is 0. The number of pyridine rings is 1. The van der Waals surface area contributed by atoms with Crippen molar-refractivity contribution < 1.29 is 0 Å². The van der Waals surface area contributed by atoms with Gasteiger partial charge in [-0.1, -0.05) is 42.4 Å². The van der Waals surface area contributed by atoms with Crippen LogP contribution in [0.3, 0.4) is 0 Å². The Bertz CT molecular complexity index is 797. The van der Waals surface area contributed by atoms with Crippen LogP contribution < -0.4 is 5.73 Å². The van der Waals surface area contributed by atoms with E-state index in [0.717, 1.165) is 31.4 Å². The molecule has 0 saturated carbocycles. The van der Waals surface area contributed by atoms with Crippen LogP contribution >= 0.6 is 0 Å². The molecule has 2 heteroatoms. The molecule has 1 aromatic heterocycles. The Morgan fingerprint density at radius 2 is 2.04 bits per heavy atom. The van der Waals surface area contributed by atoms with Crippen molar-refractivity contribution in [3.63, 3.8) is 0 Å². The molecule has 2 nitrogen and oxygen atoms in total. The molecule has 0 saturated heterocycles. The molecule has 1 aromatic carbocycles. The fraction of sp³-hybridized carbons (Fsp3) is 0.400. The quantitative estimate of drug-likeness (QED) is 0.349. The van der Waals surface area contributed by atoms with Gasteiger partial charge in [-0.2, -0.15) is 0 Å². The molecule has 0 spiro atoms. The number of allylic oxidation sites excluding steroid dienone is 3. The average molecular weight is 361 g/mol. The molecule has 3 rings (SSSR count). The highest BCUT2D eigenvalue weighted by Crippen LogP contribution is 2.23. The van der Waals surface area contributed by atoms with Gasteiger partial charge in [0.25, 0.3) is 0 Å². The van der Waals surface area contributed by atoms with E-state index in [4.69, 9.17) is 5.73 Å². The molecule has 1 aliphatic carbocycles. The summed E-state index contributed by atoms with van der Waals surface area (Å²) in [6.45, 7) is 6.37. The van der Waals surface area contributed by atoms with Crippen molar-refractivity contribution in [1.82, 2.24) is 4.98 Å². The largest absolute Gasteiger partial charge is 0.399 e. The van der Waals surface area contributed by atoms with E-state index >= 15 is 0 Å². The Kier molecular flexibility index (Phi) is 6.86. The van der Waals surface area contributed by atoms with Crippen LogP contribution in [0.5, 0.6) is 0 Å². The highest BCUT2D eigenvalue weighted by Gasteiger charge is 2.09. The van der Waals surface area contributed by atoms with E-state index in [9.17, 15) is 0 Å². The van der Waals surface area contributed by atoms with Crippen molar-refractivity contribution in [3.8, 4) is 0 Å². The molecule has 27 heavy (non-hydrogen) atoms. The molecule has 0 bridgehead atoms. The van der Waals surface area contributed by atoms with Crippen LogP contribution in [0.25, 0.3) is 0 Å². The van der Waals surface area contributed by atoms with Gasteiger partial charge in [0.05, 0.1) is 0 Å². The van der Waals surface area contributed by atoms with Crippen LogP contribution in [-0.2, 0) is 19.3 Å². The van der Waals surface area contributed by atoms with E-state index in [2.05, 4.69) is 48.8 Å². The minimum absolute atomic E-state index is 0.854. The van der Waals surface area contributed by atoms with Crippen LogP contribution in [0, 0.1) is 6.92 Å². The summed E-state index contributed by atoms with van der Waals surface area (Å²) in [5.41, 5.74) is 14.9. The smallest absolute Gasteiger partial charge is 0.0473 e. The van der Waals surface area contributed by atoms with Gasteiger partial charge in [-0.15, -0.1) is 0 Å². The minimum Gasteiger partial charge on any atom is -0.399 e. The van der Waals surface area contributed by atoms with Gasteiger partial charge in [0, 0.05) is 24.0 Å². The second-order valence-corrected chi connectivity index (χ2v) is 7.92. The first kappa shape index (κ1) is 19.4. The first-order valence-electron chi connectivity index (χ1n) is 10.2. The molecule has 2 aromatic rings. The molecule has 2 N–H and O–H groups in total. The zero-order valence-electron chi connectivity index (χ0n) is 16.6. The van der Waals surface area contributed by atoms with E-state index in [1.54, 1.807) is 5.57 Å². The van der Waals surface area contributed by atoms with Crippen molar-refractivity contribution >= 4 is 5.69 Å². The van der Waals surface area contributed by atoms with Gasteiger partial charge >= 0.3 is 0 Å². The third-order valence-electron chi connectivity index (χ3n) is 5.43. The van der Waals surface area contributed by atoms with E-state index in [0.29, 0.717) is 0 Å². The van der Waals surface area contributed by atoms with Crippen LogP contribution in [0.15, 0.2) is 60.3 Å². The third kappa shape index (κ3) is 6.09. The van der Waals surface area contributed by atoms with Gasteiger partial charge in [-0.3, -0.25) is 4.98 Å². The summed E-state index contributed by atoms with van der Waals surface area (Å²) < 4.78 is 0. The Morgan fingerprint density at radius 3 is 2.89 bits per heavy atom. The Balaban J connectivity index is 1.35. The molecular formula is C25H32N2. The second-order valence-electron chi connectivity index (χ2n) is 7.92. The highest BCUT2D eigenvalue weighted by atomic mass is 14.7. The Hall–Kier alpha value is -2.35. The zero-order valence-corrected chi connectivity index (χ0v) is 16.6. The maximum absolute atomic E-state index is 5.95. The summed E-state index contributed by atoms with van der Waals surface area (Å²) in [6.07, 6.45) is 14.7. The number of benzene rings is 1. The number of rotatable bonds is 8. The number of unbranched alkanes of at least 4 members (excludes halogenated alkanes) is 2. The fourth-order valence-corrected chi connectivity index (χ4v) is 4.03. The molecule has 142 valence electrons. The van der Waals surface area contributed by atoms with Gasteiger partial charge in [0.1, 0.15) is 0 Å². The van der Waals surface area contributed by atoms with Gasteiger partial charge < -0.3 is 5.73 Å². The van der Waals surface area contributed by atoms with E-state index < -0.39 is 0 Å². The summed E-state index contributed by atoms with van der Waals surface area (Å²) in [5.74, 6) is 0. The summed E-state index contributed by atoms with van der Waals surface area (Å²) in [4.78, 5) is 4.53. The average Bonchev–Trinajstić information content (AvgIpc) is 2.83. The molecule has 1 heterocycles. The standard InChI is InChI=1S/C25H32N2/c1-19(15-22-16-20(2)17-24(26)18-22)7-4-3-5-8-21-10-12-23-9-6-14-27-25(23)13-11-21/h6,9,11,14,16-18H,1,3-5,7-8,10,12-13,15,26H2,2H3. The normalized spacial score (nSPS) is 13.6. The molecule has 0 atom stereocenters. The van der Waals surface area contributed by atoms with Gasteiger partial charge in [-0.25, -0.2) is 0 Å². The topological polar surface area (TPSA) is 38.9 Å². The number of nitrogens with zero attached hydrogens (tertiary/aromatic N) is 1. The molecule has 0 unspecified atom stereocenters. The summed E-state index contributed by atoms with van der Waals surface area (Å²) in [6, 6.07) is 10.6. The lowest BCUT2D eigenvalue weighted by Gasteiger charge is -2.09. The highest BCUT2D eigenvalue weighted by molar-refractivity contribution is 5.45. The van der Waals surface area contributed by atoms with E-state index in [-0.39, 0.29) is 0 Å². The summed E-state index contributed by atoms with van der Waals surface area (Å²) in [5, 5.41) is 0. The van der Waals surface area contributed by atoms with E-state index in [1.165, 1.54) is 60.1 Å². The van der Waals surface area contributed by atoms with Crippen molar-refractivity contribution in [1.29, 1.82) is 0 Å². The van der Waals surface area contributed by atoms with E-state index in [1.807, 2.05) is 12.3 Å². The van der Waals surface area contributed by atoms with Crippen molar-refractivity contribution in [2.45, 2.75) is 64.7 Å². The first-order chi connectivity index (χ1) is 13.1. The predicted octanol–water partition coefficient (Wildman–Crippen LogP) is 6.14. The zero-order chi connectivity index (χ0) is 19.1. The molecule has 0 radical (unpaired) electrons. The van der Waals surface area contributed by atoms with Crippen LogP contribution in [0.4, 0.5) is 5.69 Å². The van der Waals surface area contributed by atoms with Crippen molar-refractivity contribution in [2.75, 3.05) is 5.73 Å². The first-order valence-corrected chi connectivity index (χ1v) is 10.2. The Labute approximate surface area is 164 Å². The number of aryl methyl sites for hydroxylation is 2. The van der Waals surface area contributed by atoms with Crippen LogP contribution in [-0.4, -0.2) is 4.98 Å². The molecule has 0 amide bonds. The van der Waals surface area contributed by atoms with Gasteiger partial charge in [0.15, 0.2) is 0 Å². The number of anilines is 1. The van der Waals surface area contributed by atoms with Crippen LogP contribution in [0.2, 0.25) is 0 Å². The SMILES string of the molecule is C=C(CCCCCC1=CCc2ncccc2CC1)Cc1cc(C)cc(N)c1. The second kappa shape index (κ2) is 9.55. The number of nitrogen functional groups attached to an aromatic ring is 1.